The molecule has 0 atom stereocenters. The minimum atomic E-state index is -0.167. The first kappa shape index (κ1) is 12.6. The van der Waals surface area contributed by atoms with Gasteiger partial charge >= 0.3 is 0 Å². The number of thiol groups is 1. The van der Waals surface area contributed by atoms with Gasteiger partial charge in [0.2, 0.25) is 0 Å². The molecule has 0 fully saturated rings. The maximum atomic E-state index is 13.2. The average Bonchev–Trinajstić information content (AvgIpc) is 2.79. The van der Waals surface area contributed by atoms with E-state index >= 15 is 0 Å². The van der Waals surface area contributed by atoms with Crippen LogP contribution in [0.25, 0.3) is 11.3 Å². The number of halogens is 1. The molecule has 1 heterocycles. The highest BCUT2D eigenvalue weighted by Gasteiger charge is 2.06. The molecule has 2 aromatic rings. The van der Waals surface area contributed by atoms with Crippen LogP contribution < -0.4 is 0 Å². The first-order chi connectivity index (χ1) is 8.20. The van der Waals surface area contributed by atoms with E-state index in [1.807, 2.05) is 11.4 Å². The zero-order chi connectivity index (χ0) is 12.3. The number of rotatable bonds is 4. The van der Waals surface area contributed by atoms with Crippen LogP contribution in [0.1, 0.15) is 17.0 Å². The first-order valence-corrected chi connectivity index (χ1v) is 7.03. The van der Waals surface area contributed by atoms with E-state index in [1.54, 1.807) is 24.3 Å². The maximum absolute atomic E-state index is 13.2. The number of benzene rings is 1. The van der Waals surface area contributed by atoms with Gasteiger partial charge in [0, 0.05) is 17.4 Å². The molecule has 0 bridgehead atoms. The molecule has 2 rings (SSSR count). The van der Waals surface area contributed by atoms with E-state index in [1.165, 1.54) is 6.07 Å². The number of aryl methyl sites for hydroxylation is 2. The van der Waals surface area contributed by atoms with Crippen LogP contribution in [0.2, 0.25) is 0 Å². The Morgan fingerprint density at radius 2 is 2.24 bits per heavy atom. The van der Waals surface area contributed by atoms with E-state index < -0.39 is 0 Å². The molecule has 0 aliphatic rings. The van der Waals surface area contributed by atoms with Crippen molar-refractivity contribution in [3.8, 4) is 11.3 Å². The van der Waals surface area contributed by atoms with Crippen LogP contribution in [-0.4, -0.2) is 10.7 Å². The van der Waals surface area contributed by atoms with Gasteiger partial charge in [-0.05, 0) is 42.9 Å². The fourth-order valence-corrected chi connectivity index (χ4v) is 2.60. The molecule has 0 spiro atoms. The van der Waals surface area contributed by atoms with Gasteiger partial charge in [-0.1, -0.05) is 0 Å². The molecular formula is C13H14FNS2. The number of hydrogen-bond donors (Lipinski definition) is 1. The maximum Gasteiger partial charge on any atom is 0.126 e. The third-order valence-electron chi connectivity index (χ3n) is 2.55. The zero-order valence-corrected chi connectivity index (χ0v) is 11.3. The van der Waals surface area contributed by atoms with Crippen molar-refractivity contribution in [2.24, 2.45) is 0 Å². The van der Waals surface area contributed by atoms with Crippen LogP contribution >= 0.6 is 24.0 Å². The van der Waals surface area contributed by atoms with Crippen LogP contribution in [0, 0.1) is 12.7 Å². The number of aromatic nitrogens is 1. The van der Waals surface area contributed by atoms with Crippen molar-refractivity contribution in [2.45, 2.75) is 19.8 Å². The van der Waals surface area contributed by atoms with Crippen LogP contribution in [0.5, 0.6) is 0 Å². The Bertz CT molecular complexity index is 508. The van der Waals surface area contributed by atoms with E-state index in [2.05, 4.69) is 17.6 Å². The molecule has 1 nitrogen and oxygen atoms in total. The Balaban J connectivity index is 2.21. The van der Waals surface area contributed by atoms with Crippen molar-refractivity contribution >= 4 is 24.0 Å². The summed E-state index contributed by atoms with van der Waals surface area (Å²) in [4.78, 5) is 4.55. The summed E-state index contributed by atoms with van der Waals surface area (Å²) in [5, 5.41) is 3.15. The van der Waals surface area contributed by atoms with Crippen LogP contribution in [0.15, 0.2) is 23.6 Å². The van der Waals surface area contributed by atoms with E-state index in [9.17, 15) is 4.39 Å². The van der Waals surface area contributed by atoms with Crippen LogP contribution in [0.3, 0.4) is 0 Å². The van der Waals surface area contributed by atoms with Gasteiger partial charge in [-0.3, -0.25) is 0 Å². The van der Waals surface area contributed by atoms with Gasteiger partial charge in [0.25, 0.3) is 0 Å². The van der Waals surface area contributed by atoms with Crippen molar-refractivity contribution < 1.29 is 4.39 Å². The molecular weight excluding hydrogens is 253 g/mol. The second-order valence-electron chi connectivity index (χ2n) is 3.92. The number of thiazole rings is 1. The smallest absolute Gasteiger partial charge is 0.126 e. The van der Waals surface area contributed by atoms with Crippen molar-refractivity contribution in [3.63, 3.8) is 0 Å². The van der Waals surface area contributed by atoms with Gasteiger partial charge in [-0.15, -0.1) is 11.3 Å². The summed E-state index contributed by atoms with van der Waals surface area (Å²) in [6, 6.07) is 5.12. The highest BCUT2D eigenvalue weighted by Crippen LogP contribution is 2.24. The molecule has 90 valence electrons. The fourth-order valence-electron chi connectivity index (χ4n) is 1.59. The third-order valence-corrected chi connectivity index (χ3v) is 3.78. The van der Waals surface area contributed by atoms with E-state index in [4.69, 9.17) is 0 Å². The van der Waals surface area contributed by atoms with Crippen molar-refractivity contribution in [2.75, 3.05) is 5.75 Å². The van der Waals surface area contributed by atoms with Gasteiger partial charge < -0.3 is 0 Å². The molecule has 0 aliphatic carbocycles. The summed E-state index contributed by atoms with van der Waals surface area (Å²) in [6.07, 6.45) is 2.01. The molecule has 0 unspecified atom stereocenters. The van der Waals surface area contributed by atoms with Gasteiger partial charge in [-0.2, -0.15) is 12.6 Å². The van der Waals surface area contributed by atoms with Gasteiger partial charge in [-0.25, -0.2) is 9.37 Å². The molecule has 1 aromatic heterocycles. The van der Waals surface area contributed by atoms with Crippen LogP contribution in [-0.2, 0) is 6.42 Å². The molecule has 0 N–H and O–H groups in total. The van der Waals surface area contributed by atoms with Gasteiger partial charge in [0.05, 0.1) is 10.7 Å². The monoisotopic (exact) mass is 267 g/mol. The fraction of sp³-hybridized carbons (Fsp3) is 0.308. The summed E-state index contributed by atoms with van der Waals surface area (Å²) in [7, 11) is 0. The molecule has 4 heteroatoms. The second kappa shape index (κ2) is 5.65. The summed E-state index contributed by atoms with van der Waals surface area (Å²) in [6.45, 7) is 1.77. The lowest BCUT2D eigenvalue weighted by molar-refractivity contribution is 0.619. The number of nitrogens with zero attached hydrogens (tertiary/aromatic N) is 1. The molecule has 0 amide bonds. The van der Waals surface area contributed by atoms with E-state index in [-0.39, 0.29) is 5.82 Å². The Morgan fingerprint density at radius 3 is 2.94 bits per heavy atom. The Labute approximate surface area is 110 Å². The zero-order valence-electron chi connectivity index (χ0n) is 9.61. The largest absolute Gasteiger partial charge is 0.241 e. The van der Waals surface area contributed by atoms with Gasteiger partial charge in [0.15, 0.2) is 0 Å². The predicted octanol–water partition coefficient (Wildman–Crippen LogP) is 4.12. The second-order valence-corrected chi connectivity index (χ2v) is 5.31. The molecule has 0 saturated heterocycles. The average molecular weight is 267 g/mol. The highest BCUT2D eigenvalue weighted by molar-refractivity contribution is 7.80. The lowest BCUT2D eigenvalue weighted by Gasteiger charge is -2.00. The van der Waals surface area contributed by atoms with Gasteiger partial charge in [0.1, 0.15) is 5.82 Å². The van der Waals surface area contributed by atoms with Crippen molar-refractivity contribution in [1.29, 1.82) is 0 Å². The van der Waals surface area contributed by atoms with Crippen molar-refractivity contribution in [1.82, 2.24) is 4.98 Å². The molecule has 17 heavy (non-hydrogen) atoms. The van der Waals surface area contributed by atoms with Crippen molar-refractivity contribution in [3.05, 3.63) is 40.0 Å². The summed E-state index contributed by atoms with van der Waals surface area (Å²) in [5.74, 6) is 0.712. The molecule has 0 saturated carbocycles. The molecule has 0 aliphatic heterocycles. The lowest BCUT2D eigenvalue weighted by atomic mass is 10.1. The molecule has 0 radical (unpaired) electrons. The Kier molecular flexibility index (Phi) is 4.18. The Morgan fingerprint density at radius 1 is 1.41 bits per heavy atom. The van der Waals surface area contributed by atoms with Crippen LogP contribution in [0.4, 0.5) is 4.39 Å². The Hall–Kier alpha value is -0.870. The minimum absolute atomic E-state index is 0.167. The first-order valence-electron chi connectivity index (χ1n) is 5.52. The standard InChI is InChI=1S/C13H14FNS2/c1-9-7-10(4-5-11(9)14)12-8-17-13(15-12)3-2-6-16/h4-5,7-8,16H,2-3,6H2,1H3. The number of hydrogen-bond acceptors (Lipinski definition) is 3. The predicted molar refractivity (Wildman–Crippen MR) is 74.4 cm³/mol. The lowest BCUT2D eigenvalue weighted by Crippen LogP contribution is -1.87. The van der Waals surface area contributed by atoms with E-state index in [0.717, 1.165) is 34.9 Å². The third kappa shape index (κ3) is 3.07. The SMILES string of the molecule is Cc1cc(-c2csc(CCCS)n2)ccc1F. The highest BCUT2D eigenvalue weighted by atomic mass is 32.1. The molecule has 1 aromatic carbocycles. The van der Waals surface area contributed by atoms with E-state index in [0.29, 0.717) is 5.56 Å². The quantitative estimate of drug-likeness (QED) is 0.822. The summed E-state index contributed by atoms with van der Waals surface area (Å²) >= 11 is 5.84. The summed E-state index contributed by atoms with van der Waals surface area (Å²) < 4.78 is 13.2. The normalized spacial score (nSPS) is 10.8. The topological polar surface area (TPSA) is 12.9 Å². The summed E-state index contributed by atoms with van der Waals surface area (Å²) in [5.41, 5.74) is 2.58. The minimum Gasteiger partial charge on any atom is -0.241 e.